The van der Waals surface area contributed by atoms with Crippen molar-refractivity contribution in [2.45, 2.75) is 19.5 Å². The normalized spacial score (nSPS) is 11.9. The van der Waals surface area contributed by atoms with Crippen molar-refractivity contribution in [2.75, 3.05) is 0 Å². The quantitative estimate of drug-likeness (QED) is 0.586. The SMILES string of the molecule is Cc1cc(C(F)(F)F)c(C=O)c(C(F)F)n1. The summed E-state index contributed by atoms with van der Waals surface area (Å²) >= 11 is 0. The molecule has 0 saturated heterocycles. The number of hydrogen-bond donors (Lipinski definition) is 0. The number of carbonyl (C=O) groups excluding carboxylic acids is 1. The molecule has 0 aliphatic carbocycles. The minimum absolute atomic E-state index is 0.215. The Morgan fingerprint density at radius 3 is 2.31 bits per heavy atom. The molecule has 0 atom stereocenters. The molecule has 0 bridgehead atoms. The van der Waals surface area contributed by atoms with E-state index in [-0.39, 0.29) is 12.0 Å². The molecule has 1 rings (SSSR count). The maximum atomic E-state index is 12.4. The Balaban J connectivity index is 3.55. The van der Waals surface area contributed by atoms with Crippen molar-refractivity contribution in [2.24, 2.45) is 0 Å². The van der Waals surface area contributed by atoms with Crippen LogP contribution in [0, 0.1) is 6.92 Å². The van der Waals surface area contributed by atoms with Gasteiger partial charge in [-0.2, -0.15) is 13.2 Å². The number of alkyl halides is 5. The molecule has 0 aliphatic heterocycles. The standard InChI is InChI=1S/C9H6F5NO/c1-4-2-6(9(12,13)14)5(3-16)7(15-4)8(10)11/h2-3,8H,1H3. The van der Waals surface area contributed by atoms with E-state index >= 15 is 0 Å². The van der Waals surface area contributed by atoms with Gasteiger partial charge >= 0.3 is 6.18 Å². The number of pyridine rings is 1. The highest BCUT2D eigenvalue weighted by Gasteiger charge is 2.36. The molecule has 1 aromatic heterocycles. The van der Waals surface area contributed by atoms with E-state index in [2.05, 4.69) is 4.98 Å². The lowest BCUT2D eigenvalue weighted by Gasteiger charge is -2.13. The van der Waals surface area contributed by atoms with Crippen molar-refractivity contribution >= 4 is 6.29 Å². The smallest absolute Gasteiger partial charge is 0.298 e. The van der Waals surface area contributed by atoms with Gasteiger partial charge in [-0.1, -0.05) is 0 Å². The number of aryl methyl sites for hydroxylation is 1. The van der Waals surface area contributed by atoms with Crippen LogP contribution in [0.15, 0.2) is 6.07 Å². The van der Waals surface area contributed by atoms with Crippen LogP contribution >= 0.6 is 0 Å². The molecule has 0 amide bonds. The zero-order valence-corrected chi connectivity index (χ0v) is 7.98. The largest absolute Gasteiger partial charge is 0.417 e. The lowest BCUT2D eigenvalue weighted by molar-refractivity contribution is -0.138. The molecule has 0 N–H and O–H groups in total. The van der Waals surface area contributed by atoms with Crippen LogP contribution in [0.3, 0.4) is 0 Å². The third kappa shape index (κ3) is 2.34. The van der Waals surface area contributed by atoms with Crippen LogP contribution in [0.1, 0.15) is 33.7 Å². The molecule has 0 fully saturated rings. The van der Waals surface area contributed by atoms with E-state index < -0.39 is 29.4 Å². The van der Waals surface area contributed by atoms with Crippen molar-refractivity contribution in [3.63, 3.8) is 0 Å². The summed E-state index contributed by atoms with van der Waals surface area (Å²) in [5, 5.41) is 0. The Hall–Kier alpha value is -1.53. The summed E-state index contributed by atoms with van der Waals surface area (Å²) in [4.78, 5) is 13.7. The molecule has 0 unspecified atom stereocenters. The molecule has 0 radical (unpaired) electrons. The molecule has 7 heteroatoms. The third-order valence-electron chi connectivity index (χ3n) is 1.85. The first kappa shape index (κ1) is 12.5. The molecule has 0 saturated carbocycles. The lowest BCUT2D eigenvalue weighted by atomic mass is 10.1. The first-order chi connectivity index (χ1) is 7.27. The van der Waals surface area contributed by atoms with E-state index in [1.165, 1.54) is 0 Å². The maximum Gasteiger partial charge on any atom is 0.417 e. The predicted octanol–water partition coefficient (Wildman–Crippen LogP) is 3.16. The highest BCUT2D eigenvalue weighted by Crippen LogP contribution is 2.34. The monoisotopic (exact) mass is 239 g/mol. The molecule has 0 aromatic carbocycles. The number of nitrogens with zero attached hydrogens (tertiary/aromatic N) is 1. The van der Waals surface area contributed by atoms with Crippen LogP contribution < -0.4 is 0 Å². The van der Waals surface area contributed by atoms with Crippen LogP contribution in [0.2, 0.25) is 0 Å². The Labute approximate surface area is 87.1 Å². The van der Waals surface area contributed by atoms with Crippen LogP contribution in [0.4, 0.5) is 22.0 Å². The van der Waals surface area contributed by atoms with Gasteiger partial charge in [-0.15, -0.1) is 0 Å². The van der Waals surface area contributed by atoms with E-state index in [0.29, 0.717) is 6.07 Å². The van der Waals surface area contributed by atoms with E-state index in [4.69, 9.17) is 0 Å². The number of halogens is 5. The van der Waals surface area contributed by atoms with Gasteiger partial charge in [-0.3, -0.25) is 9.78 Å². The second-order valence-corrected chi connectivity index (χ2v) is 3.03. The number of aldehydes is 1. The van der Waals surface area contributed by atoms with Gasteiger partial charge in [0.05, 0.1) is 11.1 Å². The first-order valence-electron chi connectivity index (χ1n) is 4.09. The highest BCUT2D eigenvalue weighted by molar-refractivity contribution is 5.79. The molecule has 16 heavy (non-hydrogen) atoms. The minimum atomic E-state index is -4.85. The summed E-state index contributed by atoms with van der Waals surface area (Å²) in [6.45, 7) is 1.15. The summed E-state index contributed by atoms with van der Waals surface area (Å²) in [5.41, 5.74) is -3.84. The maximum absolute atomic E-state index is 12.4. The van der Waals surface area contributed by atoms with Gasteiger partial charge in [-0.05, 0) is 13.0 Å². The summed E-state index contributed by atoms with van der Waals surface area (Å²) in [5.74, 6) is 0. The topological polar surface area (TPSA) is 30.0 Å². The van der Waals surface area contributed by atoms with E-state index in [1.54, 1.807) is 0 Å². The fraction of sp³-hybridized carbons (Fsp3) is 0.333. The Morgan fingerprint density at radius 2 is 1.94 bits per heavy atom. The van der Waals surface area contributed by atoms with Gasteiger partial charge in [0.2, 0.25) is 0 Å². The van der Waals surface area contributed by atoms with Crippen molar-refractivity contribution in [1.82, 2.24) is 4.98 Å². The van der Waals surface area contributed by atoms with Gasteiger partial charge in [-0.25, -0.2) is 8.78 Å². The second-order valence-electron chi connectivity index (χ2n) is 3.03. The highest BCUT2D eigenvalue weighted by atomic mass is 19.4. The number of aromatic nitrogens is 1. The van der Waals surface area contributed by atoms with Crippen LogP contribution in [-0.4, -0.2) is 11.3 Å². The summed E-state index contributed by atoms with van der Waals surface area (Å²) < 4.78 is 62.0. The predicted molar refractivity (Wildman–Crippen MR) is 44.3 cm³/mol. The summed E-state index contributed by atoms with van der Waals surface area (Å²) in [6.07, 6.45) is -8.33. The third-order valence-corrected chi connectivity index (χ3v) is 1.85. The number of hydrogen-bond acceptors (Lipinski definition) is 2. The van der Waals surface area contributed by atoms with Crippen molar-refractivity contribution in [3.05, 3.63) is 28.6 Å². The summed E-state index contributed by atoms with van der Waals surface area (Å²) in [6, 6.07) is 0.565. The van der Waals surface area contributed by atoms with Crippen LogP contribution in [-0.2, 0) is 6.18 Å². The molecular weight excluding hydrogens is 233 g/mol. The van der Waals surface area contributed by atoms with Crippen LogP contribution in [0.5, 0.6) is 0 Å². The number of carbonyl (C=O) groups is 1. The van der Waals surface area contributed by atoms with Crippen LogP contribution in [0.25, 0.3) is 0 Å². The molecular formula is C9H6F5NO. The molecule has 2 nitrogen and oxygen atoms in total. The zero-order chi connectivity index (χ0) is 12.5. The van der Waals surface area contributed by atoms with Crippen molar-refractivity contribution in [3.8, 4) is 0 Å². The van der Waals surface area contributed by atoms with Gasteiger partial charge in [0.1, 0.15) is 5.69 Å². The average molecular weight is 239 g/mol. The van der Waals surface area contributed by atoms with E-state index in [1.807, 2.05) is 0 Å². The molecule has 0 spiro atoms. The average Bonchev–Trinajstić information content (AvgIpc) is 2.14. The Kier molecular flexibility index (Phi) is 3.25. The fourth-order valence-corrected chi connectivity index (χ4v) is 1.23. The minimum Gasteiger partial charge on any atom is -0.298 e. The molecule has 1 aromatic rings. The molecule has 0 aliphatic rings. The molecule has 88 valence electrons. The van der Waals surface area contributed by atoms with Gasteiger partial charge in [0, 0.05) is 5.69 Å². The van der Waals surface area contributed by atoms with Gasteiger partial charge in [0.25, 0.3) is 6.43 Å². The Morgan fingerprint density at radius 1 is 1.38 bits per heavy atom. The van der Waals surface area contributed by atoms with E-state index in [0.717, 1.165) is 6.92 Å². The van der Waals surface area contributed by atoms with Gasteiger partial charge in [0.15, 0.2) is 6.29 Å². The van der Waals surface area contributed by atoms with Crippen molar-refractivity contribution < 1.29 is 26.7 Å². The zero-order valence-electron chi connectivity index (χ0n) is 7.98. The Bertz CT molecular complexity index is 413. The first-order valence-corrected chi connectivity index (χ1v) is 4.09. The molecule has 1 heterocycles. The lowest BCUT2D eigenvalue weighted by Crippen LogP contribution is -2.13. The number of rotatable bonds is 2. The van der Waals surface area contributed by atoms with Crippen molar-refractivity contribution in [1.29, 1.82) is 0 Å². The summed E-state index contributed by atoms with van der Waals surface area (Å²) in [7, 11) is 0. The fourth-order valence-electron chi connectivity index (χ4n) is 1.23. The van der Waals surface area contributed by atoms with E-state index in [9.17, 15) is 26.7 Å². The second kappa shape index (κ2) is 4.15. The van der Waals surface area contributed by atoms with Gasteiger partial charge < -0.3 is 0 Å².